The fraction of sp³-hybridized carbons (Fsp3) is 0.524. The quantitative estimate of drug-likeness (QED) is 0.875. The Hall–Kier alpha value is -2.14. The van der Waals surface area contributed by atoms with E-state index < -0.39 is 0 Å². The van der Waals surface area contributed by atoms with Gasteiger partial charge in [0.2, 0.25) is 0 Å². The molecule has 136 valence electrons. The third-order valence-electron chi connectivity index (χ3n) is 6.86. The molecule has 1 amide bonds. The molecule has 1 aliphatic carbocycles. The van der Waals surface area contributed by atoms with E-state index in [1.807, 2.05) is 6.07 Å². The van der Waals surface area contributed by atoms with Crippen molar-refractivity contribution in [3.63, 3.8) is 0 Å². The zero-order valence-corrected chi connectivity index (χ0v) is 15.5. The van der Waals surface area contributed by atoms with Crippen molar-refractivity contribution in [2.75, 3.05) is 6.54 Å². The molecule has 2 N–H and O–H groups in total. The van der Waals surface area contributed by atoms with Crippen LogP contribution in [0.1, 0.15) is 48.7 Å². The zero-order valence-electron chi connectivity index (χ0n) is 15.5. The molecule has 3 fully saturated rings. The number of amides is 1. The molecular weight excluding hydrogens is 324 g/mol. The summed E-state index contributed by atoms with van der Waals surface area (Å²) in [6.45, 7) is 5.26. The minimum Gasteiger partial charge on any atom is -0.332 e. The Morgan fingerprint density at radius 1 is 1.27 bits per heavy atom. The van der Waals surface area contributed by atoms with Crippen molar-refractivity contribution >= 4 is 5.91 Å². The van der Waals surface area contributed by atoms with Crippen molar-refractivity contribution in [2.24, 2.45) is 5.41 Å². The normalized spacial score (nSPS) is 32.7. The number of carbonyl (C=O) groups excluding carboxylic acids is 1. The van der Waals surface area contributed by atoms with Gasteiger partial charge in [-0.25, -0.2) is 0 Å². The molecule has 0 unspecified atom stereocenters. The van der Waals surface area contributed by atoms with Crippen molar-refractivity contribution in [1.82, 2.24) is 20.4 Å². The number of nitrogens with zero attached hydrogens (tertiary/aromatic N) is 2. The van der Waals surface area contributed by atoms with Crippen LogP contribution in [0.5, 0.6) is 0 Å². The van der Waals surface area contributed by atoms with Crippen LogP contribution in [0.2, 0.25) is 0 Å². The Kier molecular flexibility index (Phi) is 3.51. The minimum atomic E-state index is 0.0983. The molecule has 2 bridgehead atoms. The third kappa shape index (κ3) is 2.33. The molecule has 5 heteroatoms. The molecule has 26 heavy (non-hydrogen) atoms. The van der Waals surface area contributed by atoms with E-state index in [0.717, 1.165) is 24.2 Å². The van der Waals surface area contributed by atoms with Crippen molar-refractivity contribution in [3.05, 3.63) is 41.6 Å². The molecule has 1 aromatic carbocycles. The van der Waals surface area contributed by atoms with E-state index in [-0.39, 0.29) is 11.3 Å². The summed E-state index contributed by atoms with van der Waals surface area (Å²) in [7, 11) is 0. The zero-order chi connectivity index (χ0) is 17.9. The number of hydrogen-bond donors (Lipinski definition) is 2. The number of hydrogen-bond acceptors (Lipinski definition) is 3. The van der Waals surface area contributed by atoms with E-state index in [1.54, 1.807) is 0 Å². The number of aromatic amines is 1. The number of rotatable bonds is 2. The Balaban J connectivity index is 1.43. The number of likely N-dealkylation sites (tertiary alicyclic amines) is 1. The standard InChI is InChI=1S/C21H26N4O/c1-13-6-8-14(9-7-13)16-10-17(24-23-16)20(26)25-12-15-11-21(2)18(22-15)4-3-5-19(21)25/h6-10,15,18-19,22H,3-5,11-12H2,1-2H3,(H,23,24)/t15-,18-,19+,21-/m0/s1. The second-order valence-electron chi connectivity index (χ2n) is 8.56. The highest BCUT2D eigenvalue weighted by Gasteiger charge is 2.56. The first-order chi connectivity index (χ1) is 12.5. The number of piperidine rings is 1. The van der Waals surface area contributed by atoms with Crippen molar-refractivity contribution in [1.29, 1.82) is 0 Å². The lowest BCUT2D eigenvalue weighted by molar-refractivity contribution is 0.0127. The van der Waals surface area contributed by atoms with E-state index in [4.69, 9.17) is 0 Å². The van der Waals surface area contributed by atoms with Crippen molar-refractivity contribution in [2.45, 2.75) is 57.7 Å². The number of nitrogens with one attached hydrogen (secondary N) is 2. The van der Waals surface area contributed by atoms with Crippen molar-refractivity contribution < 1.29 is 4.79 Å². The highest BCUT2D eigenvalue weighted by molar-refractivity contribution is 5.94. The Morgan fingerprint density at radius 3 is 2.88 bits per heavy atom. The highest BCUT2D eigenvalue weighted by Crippen LogP contribution is 2.50. The topological polar surface area (TPSA) is 61.0 Å². The minimum absolute atomic E-state index is 0.0983. The van der Waals surface area contributed by atoms with Gasteiger partial charge in [0.1, 0.15) is 5.69 Å². The smallest absolute Gasteiger partial charge is 0.272 e. The molecule has 3 aliphatic rings. The maximum absolute atomic E-state index is 13.3. The van der Waals surface area contributed by atoms with Gasteiger partial charge in [0.15, 0.2) is 0 Å². The number of aromatic nitrogens is 2. The van der Waals surface area contributed by atoms with Crippen LogP contribution < -0.4 is 5.32 Å². The van der Waals surface area contributed by atoms with Crippen LogP contribution in [0.3, 0.4) is 0 Å². The fourth-order valence-electron chi connectivity index (χ4n) is 5.51. The Labute approximate surface area is 154 Å². The monoisotopic (exact) mass is 350 g/mol. The van der Waals surface area contributed by atoms with Crippen LogP contribution in [0, 0.1) is 12.3 Å². The maximum atomic E-state index is 13.3. The molecule has 2 aromatic rings. The van der Waals surface area contributed by atoms with Gasteiger partial charge < -0.3 is 10.2 Å². The van der Waals surface area contributed by atoms with Gasteiger partial charge in [0.25, 0.3) is 5.91 Å². The van der Waals surface area contributed by atoms with E-state index in [2.05, 4.69) is 58.5 Å². The first-order valence-electron chi connectivity index (χ1n) is 9.74. The van der Waals surface area contributed by atoms with E-state index >= 15 is 0 Å². The predicted molar refractivity (Wildman–Crippen MR) is 101 cm³/mol. The fourth-order valence-corrected chi connectivity index (χ4v) is 5.51. The molecule has 2 aliphatic heterocycles. The average Bonchev–Trinajstić information content (AvgIpc) is 3.23. The lowest BCUT2D eigenvalue weighted by Gasteiger charge is -2.50. The van der Waals surface area contributed by atoms with Crippen LogP contribution in [0.25, 0.3) is 11.3 Å². The van der Waals surface area contributed by atoms with Gasteiger partial charge in [-0.2, -0.15) is 5.10 Å². The second-order valence-corrected chi connectivity index (χ2v) is 8.56. The first kappa shape index (κ1) is 16.1. The van der Waals surface area contributed by atoms with Crippen LogP contribution in [0.15, 0.2) is 30.3 Å². The summed E-state index contributed by atoms with van der Waals surface area (Å²) in [4.78, 5) is 15.4. The summed E-state index contributed by atoms with van der Waals surface area (Å²) < 4.78 is 0. The first-order valence-corrected chi connectivity index (χ1v) is 9.74. The van der Waals surface area contributed by atoms with Gasteiger partial charge >= 0.3 is 0 Å². The summed E-state index contributed by atoms with van der Waals surface area (Å²) in [6.07, 6.45) is 4.76. The number of benzene rings is 1. The summed E-state index contributed by atoms with van der Waals surface area (Å²) >= 11 is 0. The molecule has 5 nitrogen and oxygen atoms in total. The van der Waals surface area contributed by atoms with E-state index in [9.17, 15) is 4.79 Å². The van der Waals surface area contributed by atoms with Crippen LogP contribution in [-0.2, 0) is 0 Å². The van der Waals surface area contributed by atoms with Gasteiger partial charge in [-0.3, -0.25) is 9.89 Å². The lowest BCUT2D eigenvalue weighted by atomic mass is 9.66. The molecule has 4 atom stereocenters. The maximum Gasteiger partial charge on any atom is 0.272 e. The predicted octanol–water partition coefficient (Wildman–Crippen LogP) is 3.13. The van der Waals surface area contributed by atoms with Gasteiger partial charge in [-0.1, -0.05) is 36.8 Å². The van der Waals surface area contributed by atoms with E-state index in [0.29, 0.717) is 23.8 Å². The summed E-state index contributed by atoms with van der Waals surface area (Å²) in [5.41, 5.74) is 3.91. The number of fused-ring (bicyclic) bond motifs is 1. The highest BCUT2D eigenvalue weighted by atomic mass is 16.2. The second kappa shape index (κ2) is 5.68. The molecular formula is C21H26N4O. The lowest BCUT2D eigenvalue weighted by Crippen LogP contribution is -2.57. The van der Waals surface area contributed by atoms with Gasteiger partial charge in [-0.15, -0.1) is 0 Å². The summed E-state index contributed by atoms with van der Waals surface area (Å²) in [6, 6.07) is 11.5. The van der Waals surface area contributed by atoms with Crippen LogP contribution in [-0.4, -0.2) is 45.7 Å². The molecule has 3 heterocycles. The number of aryl methyl sites for hydroxylation is 1. The molecule has 1 saturated carbocycles. The summed E-state index contributed by atoms with van der Waals surface area (Å²) in [5.74, 6) is 0.0983. The number of carbonyl (C=O) groups is 1. The van der Waals surface area contributed by atoms with Crippen LogP contribution >= 0.6 is 0 Å². The van der Waals surface area contributed by atoms with E-state index in [1.165, 1.54) is 24.8 Å². The SMILES string of the molecule is Cc1ccc(-c2cc(C(=O)N3C[C@@H]4C[C@@]5(C)[C@H](CCC[C@@H]35)N4)[nH]n2)cc1. The molecule has 2 saturated heterocycles. The number of H-pyrrole nitrogens is 1. The largest absolute Gasteiger partial charge is 0.332 e. The molecule has 1 aromatic heterocycles. The van der Waals surface area contributed by atoms with Gasteiger partial charge in [0, 0.05) is 35.6 Å². The van der Waals surface area contributed by atoms with Gasteiger partial charge in [-0.05, 0) is 38.7 Å². The Morgan fingerprint density at radius 2 is 2.08 bits per heavy atom. The third-order valence-corrected chi connectivity index (χ3v) is 6.86. The average molecular weight is 350 g/mol. The summed E-state index contributed by atoms with van der Waals surface area (Å²) in [5, 5.41) is 11.2. The molecule has 0 spiro atoms. The van der Waals surface area contributed by atoms with Crippen LogP contribution in [0.4, 0.5) is 0 Å². The van der Waals surface area contributed by atoms with Crippen molar-refractivity contribution in [3.8, 4) is 11.3 Å². The van der Waals surface area contributed by atoms with Gasteiger partial charge in [0.05, 0.1) is 5.69 Å². The molecule has 5 rings (SSSR count). The Bertz CT molecular complexity index is 842. The molecule has 0 radical (unpaired) electrons.